The third-order valence-electron chi connectivity index (χ3n) is 2.14. The summed E-state index contributed by atoms with van der Waals surface area (Å²) in [6.07, 6.45) is 1.01. The van der Waals surface area contributed by atoms with Gasteiger partial charge in [0.1, 0.15) is 5.75 Å². The number of benzene rings is 1. The van der Waals surface area contributed by atoms with Gasteiger partial charge in [-0.2, -0.15) is 0 Å². The molecule has 12 heavy (non-hydrogen) atoms. The van der Waals surface area contributed by atoms with Gasteiger partial charge in [0.05, 0.1) is 0 Å². The maximum Gasteiger partial charge on any atom is 0.197 e. The minimum atomic E-state index is -0.611. The van der Waals surface area contributed by atoms with E-state index < -0.39 is 6.29 Å². The minimum Gasteiger partial charge on any atom is -0.465 e. The lowest BCUT2D eigenvalue weighted by Gasteiger charge is -2.22. The van der Waals surface area contributed by atoms with Crippen molar-refractivity contribution in [3.63, 3.8) is 0 Å². The summed E-state index contributed by atoms with van der Waals surface area (Å²) in [6, 6.07) is 6.03. The highest BCUT2D eigenvalue weighted by Crippen LogP contribution is 2.27. The van der Waals surface area contributed by atoms with Crippen LogP contribution in [-0.2, 0) is 6.42 Å². The Bertz CT molecular complexity index is 294. The first-order valence-corrected chi connectivity index (χ1v) is 4.20. The van der Waals surface area contributed by atoms with E-state index in [4.69, 9.17) is 4.74 Å². The van der Waals surface area contributed by atoms with E-state index in [0.29, 0.717) is 6.42 Å². The zero-order valence-electron chi connectivity index (χ0n) is 7.08. The van der Waals surface area contributed by atoms with E-state index in [9.17, 15) is 5.11 Å². The molecule has 0 amide bonds. The summed E-state index contributed by atoms with van der Waals surface area (Å²) in [6.45, 7) is 2.06. The molecule has 1 aromatic rings. The summed E-state index contributed by atoms with van der Waals surface area (Å²) in [5.74, 6) is 0.833. The van der Waals surface area contributed by atoms with E-state index in [2.05, 4.69) is 13.0 Å². The molecule has 1 aliphatic heterocycles. The highest BCUT2D eigenvalue weighted by Gasteiger charge is 2.16. The van der Waals surface area contributed by atoms with Crippen LogP contribution < -0.4 is 4.74 Å². The van der Waals surface area contributed by atoms with Gasteiger partial charge in [0.2, 0.25) is 0 Å². The molecule has 1 unspecified atom stereocenters. The predicted octanol–water partition coefficient (Wildman–Crippen LogP) is 1.64. The molecule has 0 bridgehead atoms. The van der Waals surface area contributed by atoms with Gasteiger partial charge in [-0.3, -0.25) is 0 Å². The monoisotopic (exact) mass is 164 g/mol. The van der Waals surface area contributed by atoms with Crippen molar-refractivity contribution in [3.8, 4) is 5.75 Å². The smallest absolute Gasteiger partial charge is 0.197 e. The standard InChI is InChI=1S/C10H12O2/c1-7-2-4-9-8(6-7)3-5-10(11)12-9/h2,4,6,10-11H,3,5H2,1H3. The quantitative estimate of drug-likeness (QED) is 0.631. The summed E-state index contributed by atoms with van der Waals surface area (Å²) in [5, 5.41) is 9.20. The second kappa shape index (κ2) is 2.79. The molecule has 0 fully saturated rings. The first-order chi connectivity index (χ1) is 5.75. The van der Waals surface area contributed by atoms with E-state index in [0.717, 1.165) is 12.2 Å². The molecule has 1 aliphatic rings. The number of aliphatic hydroxyl groups excluding tert-OH is 1. The molecule has 0 aromatic heterocycles. The Morgan fingerprint density at radius 2 is 2.33 bits per heavy atom. The maximum absolute atomic E-state index is 9.20. The van der Waals surface area contributed by atoms with Crippen LogP contribution in [0.5, 0.6) is 5.75 Å². The molecule has 1 N–H and O–H groups in total. The average molecular weight is 164 g/mol. The van der Waals surface area contributed by atoms with E-state index in [1.54, 1.807) is 0 Å². The van der Waals surface area contributed by atoms with Gasteiger partial charge in [0, 0.05) is 6.42 Å². The van der Waals surface area contributed by atoms with Gasteiger partial charge in [0.25, 0.3) is 0 Å². The number of hydrogen-bond acceptors (Lipinski definition) is 2. The van der Waals surface area contributed by atoms with Crippen LogP contribution in [0.1, 0.15) is 17.5 Å². The largest absolute Gasteiger partial charge is 0.465 e. The summed E-state index contributed by atoms with van der Waals surface area (Å²) in [4.78, 5) is 0. The topological polar surface area (TPSA) is 29.5 Å². The van der Waals surface area contributed by atoms with Crippen LogP contribution in [0.4, 0.5) is 0 Å². The van der Waals surface area contributed by atoms with Crippen LogP contribution in [-0.4, -0.2) is 11.4 Å². The predicted molar refractivity (Wildman–Crippen MR) is 46.1 cm³/mol. The maximum atomic E-state index is 9.20. The lowest BCUT2D eigenvalue weighted by Crippen LogP contribution is -2.21. The van der Waals surface area contributed by atoms with Crippen molar-refractivity contribution in [2.45, 2.75) is 26.1 Å². The molecule has 64 valence electrons. The molecule has 1 aromatic carbocycles. The second-order valence-electron chi connectivity index (χ2n) is 3.22. The van der Waals surface area contributed by atoms with Crippen molar-refractivity contribution in [1.82, 2.24) is 0 Å². The molecule has 2 heteroatoms. The van der Waals surface area contributed by atoms with Gasteiger partial charge in [-0.25, -0.2) is 0 Å². The van der Waals surface area contributed by atoms with Crippen molar-refractivity contribution < 1.29 is 9.84 Å². The Morgan fingerprint density at radius 3 is 3.17 bits per heavy atom. The van der Waals surface area contributed by atoms with Crippen molar-refractivity contribution in [3.05, 3.63) is 29.3 Å². The fourth-order valence-electron chi connectivity index (χ4n) is 1.50. The Morgan fingerprint density at radius 1 is 1.50 bits per heavy atom. The fourth-order valence-corrected chi connectivity index (χ4v) is 1.50. The zero-order chi connectivity index (χ0) is 8.55. The Kier molecular flexibility index (Phi) is 1.77. The second-order valence-corrected chi connectivity index (χ2v) is 3.22. The van der Waals surface area contributed by atoms with Gasteiger partial charge in [-0.05, 0) is 25.0 Å². The number of ether oxygens (including phenoxy) is 1. The molecule has 2 nitrogen and oxygen atoms in total. The van der Waals surface area contributed by atoms with E-state index in [1.165, 1.54) is 11.1 Å². The molecular weight excluding hydrogens is 152 g/mol. The van der Waals surface area contributed by atoms with E-state index >= 15 is 0 Å². The first kappa shape index (κ1) is 7.62. The van der Waals surface area contributed by atoms with Crippen LogP contribution in [0, 0.1) is 6.92 Å². The van der Waals surface area contributed by atoms with Crippen molar-refractivity contribution in [2.75, 3.05) is 0 Å². The van der Waals surface area contributed by atoms with E-state index in [1.807, 2.05) is 12.1 Å². The van der Waals surface area contributed by atoms with Crippen molar-refractivity contribution in [2.24, 2.45) is 0 Å². The molecule has 0 aliphatic carbocycles. The summed E-state index contributed by atoms with van der Waals surface area (Å²) in [5.41, 5.74) is 2.45. The Hall–Kier alpha value is -1.02. The molecule has 0 saturated heterocycles. The molecule has 0 saturated carbocycles. The van der Waals surface area contributed by atoms with Crippen LogP contribution in [0.25, 0.3) is 0 Å². The van der Waals surface area contributed by atoms with Crippen LogP contribution in [0.3, 0.4) is 0 Å². The molecule has 0 radical (unpaired) electrons. The van der Waals surface area contributed by atoms with Crippen LogP contribution >= 0.6 is 0 Å². The summed E-state index contributed by atoms with van der Waals surface area (Å²) >= 11 is 0. The lowest BCUT2D eigenvalue weighted by atomic mass is 10.0. The Labute approximate surface area is 71.8 Å². The number of aryl methyl sites for hydroxylation is 2. The van der Waals surface area contributed by atoms with Crippen LogP contribution in [0.15, 0.2) is 18.2 Å². The molecule has 0 spiro atoms. The normalized spacial score (nSPS) is 21.3. The van der Waals surface area contributed by atoms with Gasteiger partial charge >= 0.3 is 0 Å². The first-order valence-electron chi connectivity index (χ1n) is 4.20. The Balaban J connectivity index is 2.37. The zero-order valence-corrected chi connectivity index (χ0v) is 7.08. The van der Waals surface area contributed by atoms with Crippen molar-refractivity contribution >= 4 is 0 Å². The number of hydrogen-bond donors (Lipinski definition) is 1. The highest BCUT2D eigenvalue weighted by molar-refractivity contribution is 5.38. The summed E-state index contributed by atoms with van der Waals surface area (Å²) in [7, 11) is 0. The lowest BCUT2D eigenvalue weighted by molar-refractivity contribution is -0.0316. The molecule has 1 atom stereocenters. The van der Waals surface area contributed by atoms with Crippen molar-refractivity contribution in [1.29, 1.82) is 0 Å². The molecule has 1 heterocycles. The fraction of sp³-hybridized carbons (Fsp3) is 0.400. The number of aliphatic hydroxyl groups is 1. The van der Waals surface area contributed by atoms with Gasteiger partial charge in [-0.15, -0.1) is 0 Å². The van der Waals surface area contributed by atoms with Gasteiger partial charge in [0.15, 0.2) is 6.29 Å². The third-order valence-corrected chi connectivity index (χ3v) is 2.14. The summed E-state index contributed by atoms with van der Waals surface area (Å²) < 4.78 is 5.24. The van der Waals surface area contributed by atoms with Gasteiger partial charge in [-0.1, -0.05) is 17.7 Å². The average Bonchev–Trinajstić information content (AvgIpc) is 2.05. The highest BCUT2D eigenvalue weighted by atomic mass is 16.6. The SMILES string of the molecule is Cc1ccc2c(c1)CCC(O)O2. The van der Waals surface area contributed by atoms with Gasteiger partial charge < -0.3 is 9.84 Å². The number of fused-ring (bicyclic) bond motifs is 1. The third kappa shape index (κ3) is 1.30. The molecular formula is C10H12O2. The number of rotatable bonds is 0. The molecule has 2 rings (SSSR count). The minimum absolute atomic E-state index is 0.611. The van der Waals surface area contributed by atoms with Crippen LogP contribution in [0.2, 0.25) is 0 Å². The van der Waals surface area contributed by atoms with E-state index in [-0.39, 0.29) is 0 Å².